The molecule has 0 amide bonds. The maximum absolute atomic E-state index is 13.3. The van der Waals surface area contributed by atoms with Gasteiger partial charge in [0.25, 0.3) is 0 Å². The molecule has 2 nitrogen and oxygen atoms in total. The molecule has 1 rings (SSSR count). The Morgan fingerprint density at radius 2 is 2.27 bits per heavy atom. The molecule has 82 valence electrons. The smallest absolute Gasteiger partial charge is 0.167 e. The van der Waals surface area contributed by atoms with Crippen molar-refractivity contribution < 1.29 is 9.13 Å². The van der Waals surface area contributed by atoms with Crippen LogP contribution in [0.25, 0.3) is 0 Å². The Labute approximate surface area is 89.8 Å². The van der Waals surface area contributed by atoms with Gasteiger partial charge in [0.1, 0.15) is 0 Å². The highest BCUT2D eigenvalue weighted by molar-refractivity contribution is 5.47. The highest BCUT2D eigenvalue weighted by Crippen LogP contribution is 2.20. The first-order valence-corrected chi connectivity index (χ1v) is 4.85. The third-order valence-electron chi connectivity index (χ3n) is 2.03. The zero-order valence-electron chi connectivity index (χ0n) is 9.14. The summed E-state index contributed by atoms with van der Waals surface area (Å²) in [7, 11) is 1.45. The van der Waals surface area contributed by atoms with E-state index in [0.29, 0.717) is 0 Å². The van der Waals surface area contributed by atoms with E-state index < -0.39 is 0 Å². The van der Waals surface area contributed by atoms with Crippen LogP contribution in [-0.4, -0.2) is 13.7 Å². The Hall–Kier alpha value is -1.51. The van der Waals surface area contributed by atoms with Gasteiger partial charge in [-0.3, -0.25) is 0 Å². The number of methoxy groups -OCH3 is 1. The van der Waals surface area contributed by atoms with Gasteiger partial charge >= 0.3 is 0 Å². The van der Waals surface area contributed by atoms with Crippen molar-refractivity contribution in [2.45, 2.75) is 13.3 Å². The monoisotopic (exact) mass is 209 g/mol. The molecule has 0 atom stereocenters. The first kappa shape index (κ1) is 11.6. The van der Waals surface area contributed by atoms with E-state index in [9.17, 15) is 4.39 Å². The van der Waals surface area contributed by atoms with Gasteiger partial charge < -0.3 is 10.1 Å². The van der Waals surface area contributed by atoms with Crippen molar-refractivity contribution in [3.63, 3.8) is 0 Å². The van der Waals surface area contributed by atoms with Crippen LogP contribution in [0.2, 0.25) is 0 Å². The van der Waals surface area contributed by atoms with E-state index >= 15 is 0 Å². The van der Waals surface area contributed by atoms with E-state index in [4.69, 9.17) is 4.74 Å². The van der Waals surface area contributed by atoms with Crippen LogP contribution in [0.15, 0.2) is 30.4 Å². The molecule has 0 saturated heterocycles. The Kier molecular flexibility index (Phi) is 4.16. The molecular formula is C12H16FNO. The van der Waals surface area contributed by atoms with E-state index in [2.05, 4.69) is 11.9 Å². The molecule has 0 radical (unpaired) electrons. The predicted octanol–water partition coefficient (Wildman–Crippen LogP) is 3.21. The van der Waals surface area contributed by atoms with Crippen molar-refractivity contribution >= 4 is 5.69 Å². The second kappa shape index (κ2) is 5.39. The first-order chi connectivity index (χ1) is 7.13. The first-order valence-electron chi connectivity index (χ1n) is 4.85. The Morgan fingerprint density at radius 1 is 1.53 bits per heavy atom. The quantitative estimate of drug-likeness (QED) is 0.752. The third kappa shape index (κ3) is 3.62. The second-order valence-corrected chi connectivity index (χ2v) is 3.48. The largest absolute Gasteiger partial charge is 0.494 e. The lowest BCUT2D eigenvalue weighted by Crippen LogP contribution is -2.02. The second-order valence-electron chi connectivity index (χ2n) is 3.48. The number of benzene rings is 1. The van der Waals surface area contributed by atoms with Crippen molar-refractivity contribution in [1.29, 1.82) is 0 Å². The van der Waals surface area contributed by atoms with Gasteiger partial charge in [-0.15, -0.1) is 6.58 Å². The van der Waals surface area contributed by atoms with Crippen LogP contribution in [0.5, 0.6) is 5.75 Å². The molecule has 0 aromatic heterocycles. The summed E-state index contributed by atoms with van der Waals surface area (Å²) in [5.41, 5.74) is 1.87. The van der Waals surface area contributed by atoms with Crippen LogP contribution in [0.3, 0.4) is 0 Å². The summed E-state index contributed by atoms with van der Waals surface area (Å²) < 4.78 is 18.1. The molecule has 0 aliphatic rings. The molecule has 0 unspecified atom stereocenters. The summed E-state index contributed by atoms with van der Waals surface area (Å²) in [6.45, 7) is 6.53. The van der Waals surface area contributed by atoms with Crippen molar-refractivity contribution in [2.24, 2.45) is 0 Å². The van der Waals surface area contributed by atoms with Gasteiger partial charge in [0.05, 0.1) is 7.11 Å². The number of anilines is 1. The molecule has 0 heterocycles. The van der Waals surface area contributed by atoms with E-state index in [0.717, 1.165) is 24.2 Å². The van der Waals surface area contributed by atoms with Gasteiger partial charge in [-0.05, 0) is 25.5 Å². The fourth-order valence-electron chi connectivity index (χ4n) is 1.20. The highest BCUT2D eigenvalue weighted by Gasteiger charge is 2.02. The molecule has 0 aliphatic heterocycles. The van der Waals surface area contributed by atoms with E-state index in [-0.39, 0.29) is 11.6 Å². The summed E-state index contributed by atoms with van der Waals surface area (Å²) in [5.74, 6) is -0.0849. The predicted molar refractivity (Wildman–Crippen MR) is 60.9 cm³/mol. The van der Waals surface area contributed by atoms with Crippen molar-refractivity contribution in [3.05, 3.63) is 36.2 Å². The maximum Gasteiger partial charge on any atom is 0.167 e. The van der Waals surface area contributed by atoms with Crippen LogP contribution in [0.1, 0.15) is 13.3 Å². The summed E-state index contributed by atoms with van der Waals surface area (Å²) >= 11 is 0. The van der Waals surface area contributed by atoms with Gasteiger partial charge in [0.2, 0.25) is 0 Å². The number of ether oxygens (including phenoxy) is 1. The minimum absolute atomic E-state index is 0.264. The van der Waals surface area contributed by atoms with Crippen LogP contribution in [0.4, 0.5) is 10.1 Å². The van der Waals surface area contributed by atoms with Crippen molar-refractivity contribution in [1.82, 2.24) is 0 Å². The molecule has 1 N–H and O–H groups in total. The summed E-state index contributed by atoms with van der Waals surface area (Å²) in [5, 5.41) is 3.11. The molecule has 0 aliphatic carbocycles. The average Bonchev–Trinajstić information content (AvgIpc) is 2.17. The summed E-state index contributed by atoms with van der Waals surface area (Å²) in [4.78, 5) is 0. The summed E-state index contributed by atoms with van der Waals surface area (Å²) in [6.07, 6.45) is 0.883. The molecule has 0 fully saturated rings. The zero-order chi connectivity index (χ0) is 11.3. The fraction of sp³-hybridized carbons (Fsp3) is 0.333. The fourth-order valence-corrected chi connectivity index (χ4v) is 1.20. The lowest BCUT2D eigenvalue weighted by Gasteiger charge is -2.08. The van der Waals surface area contributed by atoms with Gasteiger partial charge in [-0.25, -0.2) is 4.39 Å². The Bertz CT molecular complexity index is 349. The topological polar surface area (TPSA) is 21.3 Å². The average molecular weight is 209 g/mol. The lowest BCUT2D eigenvalue weighted by molar-refractivity contribution is 0.386. The molecule has 0 bridgehead atoms. The zero-order valence-corrected chi connectivity index (χ0v) is 9.14. The SMILES string of the molecule is C=C(C)CCNc1ccc(OC)c(F)c1. The number of rotatable bonds is 5. The lowest BCUT2D eigenvalue weighted by atomic mass is 10.2. The number of hydrogen-bond acceptors (Lipinski definition) is 2. The summed E-state index contributed by atoms with van der Waals surface area (Å²) in [6, 6.07) is 4.83. The highest BCUT2D eigenvalue weighted by atomic mass is 19.1. The molecule has 1 aromatic rings. The van der Waals surface area contributed by atoms with Crippen LogP contribution in [-0.2, 0) is 0 Å². The Morgan fingerprint density at radius 3 is 2.80 bits per heavy atom. The maximum atomic E-state index is 13.3. The van der Waals surface area contributed by atoms with E-state index in [1.165, 1.54) is 13.2 Å². The van der Waals surface area contributed by atoms with Crippen LogP contribution >= 0.6 is 0 Å². The van der Waals surface area contributed by atoms with Gasteiger partial charge in [0, 0.05) is 18.3 Å². The molecular weight excluding hydrogens is 193 g/mol. The molecule has 0 saturated carbocycles. The number of halogens is 1. The molecule has 0 spiro atoms. The van der Waals surface area contributed by atoms with Gasteiger partial charge in [0.15, 0.2) is 11.6 Å². The standard InChI is InChI=1S/C12H16FNO/c1-9(2)6-7-14-10-4-5-12(15-3)11(13)8-10/h4-5,8,14H,1,6-7H2,2-3H3. The van der Waals surface area contributed by atoms with E-state index in [1.54, 1.807) is 12.1 Å². The van der Waals surface area contributed by atoms with Crippen molar-refractivity contribution in [3.8, 4) is 5.75 Å². The van der Waals surface area contributed by atoms with Crippen LogP contribution in [0, 0.1) is 5.82 Å². The van der Waals surface area contributed by atoms with Crippen molar-refractivity contribution in [2.75, 3.05) is 19.0 Å². The van der Waals surface area contributed by atoms with Gasteiger partial charge in [-0.1, -0.05) is 5.57 Å². The Balaban J connectivity index is 2.55. The number of hydrogen-bond donors (Lipinski definition) is 1. The molecule has 3 heteroatoms. The normalized spacial score (nSPS) is 9.80. The van der Waals surface area contributed by atoms with Crippen LogP contribution < -0.4 is 10.1 Å². The molecule has 15 heavy (non-hydrogen) atoms. The third-order valence-corrected chi connectivity index (χ3v) is 2.03. The number of nitrogens with one attached hydrogen (secondary N) is 1. The minimum Gasteiger partial charge on any atom is -0.494 e. The molecule has 1 aromatic carbocycles. The van der Waals surface area contributed by atoms with Gasteiger partial charge in [-0.2, -0.15) is 0 Å². The van der Waals surface area contributed by atoms with E-state index in [1.807, 2.05) is 6.92 Å². The minimum atomic E-state index is -0.349.